The molecule has 0 aromatic heterocycles. The van der Waals surface area contributed by atoms with Crippen LogP contribution in [0.4, 0.5) is 4.39 Å². The SMILES string of the molecule is CC(NCc1cc(F)cc(C#N)c1)C1CC1. The number of hydrogen-bond acceptors (Lipinski definition) is 2. The van der Waals surface area contributed by atoms with Crippen LogP contribution in [0.1, 0.15) is 30.9 Å². The maximum atomic E-state index is 13.1. The number of rotatable bonds is 4. The topological polar surface area (TPSA) is 35.8 Å². The van der Waals surface area contributed by atoms with E-state index in [9.17, 15) is 4.39 Å². The minimum Gasteiger partial charge on any atom is -0.310 e. The summed E-state index contributed by atoms with van der Waals surface area (Å²) < 4.78 is 13.1. The predicted molar refractivity (Wildman–Crippen MR) is 60.1 cm³/mol. The largest absolute Gasteiger partial charge is 0.310 e. The molecule has 1 aliphatic carbocycles. The Morgan fingerprint density at radius 2 is 2.25 bits per heavy atom. The molecule has 0 spiro atoms. The van der Waals surface area contributed by atoms with Gasteiger partial charge in [-0.1, -0.05) is 0 Å². The van der Waals surface area contributed by atoms with Crippen molar-refractivity contribution in [2.45, 2.75) is 32.4 Å². The highest BCUT2D eigenvalue weighted by atomic mass is 19.1. The van der Waals surface area contributed by atoms with Gasteiger partial charge in [-0.25, -0.2) is 4.39 Å². The van der Waals surface area contributed by atoms with Gasteiger partial charge in [-0.15, -0.1) is 0 Å². The Labute approximate surface area is 95.1 Å². The van der Waals surface area contributed by atoms with Gasteiger partial charge in [0.05, 0.1) is 11.6 Å². The van der Waals surface area contributed by atoms with Crippen molar-refractivity contribution in [3.63, 3.8) is 0 Å². The first kappa shape index (κ1) is 11.1. The maximum Gasteiger partial charge on any atom is 0.124 e. The third-order valence-corrected chi connectivity index (χ3v) is 3.04. The van der Waals surface area contributed by atoms with Gasteiger partial charge < -0.3 is 5.32 Å². The molecule has 16 heavy (non-hydrogen) atoms. The minimum absolute atomic E-state index is 0.338. The van der Waals surface area contributed by atoms with Gasteiger partial charge in [-0.2, -0.15) is 5.26 Å². The summed E-state index contributed by atoms with van der Waals surface area (Å²) in [5.74, 6) is 0.443. The zero-order valence-electron chi connectivity index (χ0n) is 9.33. The van der Waals surface area contributed by atoms with E-state index in [0.29, 0.717) is 18.2 Å². The summed E-state index contributed by atoms with van der Waals surface area (Å²) in [5.41, 5.74) is 1.22. The fourth-order valence-corrected chi connectivity index (χ4v) is 1.86. The van der Waals surface area contributed by atoms with Crippen molar-refractivity contribution in [2.24, 2.45) is 5.92 Å². The molecule has 1 aromatic carbocycles. The monoisotopic (exact) mass is 218 g/mol. The molecule has 0 bridgehead atoms. The van der Waals surface area contributed by atoms with Crippen LogP contribution in [0.3, 0.4) is 0 Å². The van der Waals surface area contributed by atoms with Crippen molar-refractivity contribution >= 4 is 0 Å². The molecule has 1 aromatic rings. The van der Waals surface area contributed by atoms with E-state index in [-0.39, 0.29) is 5.82 Å². The summed E-state index contributed by atoms with van der Waals surface area (Å²) >= 11 is 0. The molecule has 1 unspecified atom stereocenters. The normalized spacial score (nSPS) is 16.8. The number of halogens is 1. The summed E-state index contributed by atoms with van der Waals surface area (Å²) in [6, 6.07) is 6.91. The smallest absolute Gasteiger partial charge is 0.124 e. The molecule has 0 aliphatic heterocycles. The first-order valence-electron chi connectivity index (χ1n) is 5.62. The lowest BCUT2D eigenvalue weighted by Crippen LogP contribution is -2.27. The van der Waals surface area contributed by atoms with Crippen LogP contribution in [0.15, 0.2) is 18.2 Å². The van der Waals surface area contributed by atoms with E-state index in [0.717, 1.165) is 11.5 Å². The minimum atomic E-state index is -0.338. The van der Waals surface area contributed by atoms with E-state index in [1.807, 2.05) is 6.07 Å². The molecule has 0 radical (unpaired) electrons. The Balaban J connectivity index is 1.98. The summed E-state index contributed by atoms with van der Waals surface area (Å²) in [6.45, 7) is 2.78. The predicted octanol–water partition coefficient (Wildman–Crippen LogP) is 2.59. The highest BCUT2D eigenvalue weighted by Gasteiger charge is 2.27. The van der Waals surface area contributed by atoms with Crippen molar-refractivity contribution < 1.29 is 4.39 Å². The Morgan fingerprint density at radius 1 is 1.50 bits per heavy atom. The fraction of sp³-hybridized carbons (Fsp3) is 0.462. The van der Waals surface area contributed by atoms with Gasteiger partial charge in [-0.3, -0.25) is 0 Å². The van der Waals surface area contributed by atoms with Crippen LogP contribution >= 0.6 is 0 Å². The lowest BCUT2D eigenvalue weighted by molar-refractivity contribution is 0.495. The molecular formula is C13H15FN2. The van der Waals surface area contributed by atoms with Crippen LogP contribution in [0, 0.1) is 23.1 Å². The average Bonchev–Trinajstić information content (AvgIpc) is 3.08. The van der Waals surface area contributed by atoms with Gasteiger partial charge in [0.2, 0.25) is 0 Å². The molecule has 2 nitrogen and oxygen atoms in total. The molecule has 2 rings (SSSR count). The molecule has 1 fully saturated rings. The number of nitriles is 1. The maximum absolute atomic E-state index is 13.1. The molecule has 1 aliphatic rings. The highest BCUT2D eigenvalue weighted by Crippen LogP contribution is 2.32. The quantitative estimate of drug-likeness (QED) is 0.843. The van der Waals surface area contributed by atoms with Crippen LogP contribution in [0.5, 0.6) is 0 Å². The van der Waals surface area contributed by atoms with Crippen LogP contribution in [0.25, 0.3) is 0 Å². The third-order valence-electron chi connectivity index (χ3n) is 3.04. The zero-order chi connectivity index (χ0) is 11.5. The number of hydrogen-bond donors (Lipinski definition) is 1. The molecule has 0 amide bonds. The lowest BCUT2D eigenvalue weighted by Gasteiger charge is -2.12. The average molecular weight is 218 g/mol. The molecule has 1 N–H and O–H groups in total. The van der Waals surface area contributed by atoms with Crippen molar-refractivity contribution in [1.29, 1.82) is 5.26 Å². The lowest BCUT2D eigenvalue weighted by atomic mass is 10.1. The second kappa shape index (κ2) is 4.63. The summed E-state index contributed by atoms with van der Waals surface area (Å²) in [6.07, 6.45) is 2.58. The van der Waals surface area contributed by atoms with Gasteiger partial charge in [-0.05, 0) is 49.4 Å². The summed E-state index contributed by atoms with van der Waals surface area (Å²) in [4.78, 5) is 0. The fourth-order valence-electron chi connectivity index (χ4n) is 1.86. The van der Waals surface area contributed by atoms with Crippen molar-refractivity contribution in [3.8, 4) is 6.07 Å². The molecule has 0 heterocycles. The van der Waals surface area contributed by atoms with Crippen molar-refractivity contribution in [3.05, 3.63) is 35.1 Å². The molecule has 1 atom stereocenters. The van der Waals surface area contributed by atoms with Crippen LogP contribution in [0.2, 0.25) is 0 Å². The Hall–Kier alpha value is -1.40. The number of nitrogens with one attached hydrogen (secondary N) is 1. The number of nitrogens with zero attached hydrogens (tertiary/aromatic N) is 1. The van der Waals surface area contributed by atoms with Crippen molar-refractivity contribution in [1.82, 2.24) is 5.32 Å². The second-order valence-electron chi connectivity index (χ2n) is 4.47. The molecule has 1 saturated carbocycles. The Morgan fingerprint density at radius 3 is 2.88 bits per heavy atom. The van der Waals surface area contributed by atoms with E-state index in [1.165, 1.54) is 25.0 Å². The Kier molecular flexibility index (Phi) is 3.21. The van der Waals surface area contributed by atoms with E-state index in [2.05, 4.69) is 12.2 Å². The summed E-state index contributed by atoms with van der Waals surface area (Å²) in [7, 11) is 0. The molecule has 0 saturated heterocycles. The second-order valence-corrected chi connectivity index (χ2v) is 4.47. The van der Waals surface area contributed by atoms with Gasteiger partial charge in [0, 0.05) is 12.6 Å². The van der Waals surface area contributed by atoms with E-state index >= 15 is 0 Å². The Bertz CT molecular complexity index is 418. The first-order chi connectivity index (χ1) is 7.69. The number of benzene rings is 1. The van der Waals surface area contributed by atoms with Gasteiger partial charge in [0.15, 0.2) is 0 Å². The van der Waals surface area contributed by atoms with Gasteiger partial charge >= 0.3 is 0 Å². The van der Waals surface area contributed by atoms with Gasteiger partial charge in [0.1, 0.15) is 5.82 Å². The van der Waals surface area contributed by atoms with Crippen molar-refractivity contribution in [2.75, 3.05) is 0 Å². The third kappa shape index (κ3) is 2.80. The van der Waals surface area contributed by atoms with Gasteiger partial charge in [0.25, 0.3) is 0 Å². The van der Waals surface area contributed by atoms with Crippen LogP contribution < -0.4 is 5.32 Å². The van der Waals surface area contributed by atoms with Crippen LogP contribution in [-0.2, 0) is 6.54 Å². The van der Waals surface area contributed by atoms with E-state index < -0.39 is 0 Å². The highest BCUT2D eigenvalue weighted by molar-refractivity contribution is 5.33. The van der Waals surface area contributed by atoms with E-state index in [1.54, 1.807) is 6.07 Å². The standard InChI is InChI=1S/C13H15FN2/c1-9(12-2-3-12)16-8-11-4-10(7-15)5-13(14)6-11/h4-6,9,12,16H,2-3,8H2,1H3. The molecular weight excluding hydrogens is 203 g/mol. The first-order valence-corrected chi connectivity index (χ1v) is 5.62. The summed E-state index contributed by atoms with van der Waals surface area (Å²) in [5, 5.41) is 12.1. The molecule has 84 valence electrons. The zero-order valence-corrected chi connectivity index (χ0v) is 9.33. The van der Waals surface area contributed by atoms with E-state index in [4.69, 9.17) is 5.26 Å². The molecule has 3 heteroatoms. The van der Waals surface area contributed by atoms with Crippen LogP contribution in [-0.4, -0.2) is 6.04 Å².